The number of aliphatic carboxylic acids is 1. The first kappa shape index (κ1) is 12.5. The molecule has 2 N–H and O–H groups in total. The summed E-state index contributed by atoms with van der Waals surface area (Å²) in [6.07, 6.45) is 1.86. The van der Waals surface area contributed by atoms with Crippen LogP contribution in [0.15, 0.2) is 12.2 Å². The molecule has 1 rings (SSSR count). The number of likely N-dealkylation sites (N-methyl/N-ethyl adjacent to an activating group) is 1. The minimum absolute atomic E-state index is 0.356. The molecule has 0 radical (unpaired) electrons. The van der Waals surface area contributed by atoms with E-state index in [-0.39, 0.29) is 6.03 Å². The Hall–Kier alpha value is -1.52. The molecule has 1 aliphatic rings. The fourth-order valence-electron chi connectivity index (χ4n) is 1.70. The molecule has 1 aliphatic carbocycles. The van der Waals surface area contributed by atoms with Crippen LogP contribution in [0.2, 0.25) is 0 Å². The molecule has 0 aromatic carbocycles. The van der Waals surface area contributed by atoms with E-state index in [0.717, 1.165) is 12.0 Å². The zero-order valence-corrected chi connectivity index (χ0v) is 9.75. The van der Waals surface area contributed by atoms with Gasteiger partial charge in [0.25, 0.3) is 0 Å². The summed E-state index contributed by atoms with van der Waals surface area (Å²) in [4.78, 5) is 24.2. The predicted molar refractivity (Wildman–Crippen MR) is 60.2 cm³/mol. The van der Waals surface area contributed by atoms with E-state index in [1.807, 2.05) is 6.92 Å². The van der Waals surface area contributed by atoms with Crippen LogP contribution < -0.4 is 5.32 Å². The van der Waals surface area contributed by atoms with Crippen LogP contribution in [0.3, 0.4) is 0 Å². The second-order valence-corrected chi connectivity index (χ2v) is 4.48. The molecule has 16 heavy (non-hydrogen) atoms. The first-order valence-electron chi connectivity index (χ1n) is 5.28. The van der Waals surface area contributed by atoms with Crippen molar-refractivity contribution >= 4 is 12.0 Å². The van der Waals surface area contributed by atoms with Crippen LogP contribution >= 0.6 is 0 Å². The highest BCUT2D eigenvalue weighted by Crippen LogP contribution is 2.32. The van der Waals surface area contributed by atoms with Crippen LogP contribution in [0.25, 0.3) is 0 Å². The summed E-state index contributed by atoms with van der Waals surface area (Å²) < 4.78 is 0. The number of hydrogen-bond donors (Lipinski definition) is 2. The van der Waals surface area contributed by atoms with Gasteiger partial charge in [0.2, 0.25) is 0 Å². The van der Waals surface area contributed by atoms with Crippen LogP contribution in [0.1, 0.15) is 26.2 Å². The zero-order chi connectivity index (χ0) is 12.3. The molecule has 0 bridgehead atoms. The summed E-state index contributed by atoms with van der Waals surface area (Å²) >= 11 is 0. The standard InChI is InChI=1S/C11H18N2O3/c1-8(2)7-13(3)10(16)12-11(9(14)15)5-4-6-11/h1,4-7H2,2-3H3,(H,12,16)(H,14,15). The Bertz CT molecular complexity index is 321. The average Bonchev–Trinajstić information content (AvgIpc) is 2.08. The number of carbonyl (C=O) groups excluding carboxylic acids is 1. The van der Waals surface area contributed by atoms with Gasteiger partial charge in [-0.25, -0.2) is 9.59 Å². The fraction of sp³-hybridized carbons (Fsp3) is 0.636. The number of nitrogens with zero attached hydrogens (tertiary/aromatic N) is 1. The van der Waals surface area contributed by atoms with Gasteiger partial charge in [0, 0.05) is 13.6 Å². The third-order valence-electron chi connectivity index (χ3n) is 2.82. The predicted octanol–water partition coefficient (Wildman–Crippen LogP) is 1.21. The third-order valence-corrected chi connectivity index (χ3v) is 2.82. The molecular formula is C11H18N2O3. The number of nitrogens with one attached hydrogen (secondary N) is 1. The first-order valence-corrected chi connectivity index (χ1v) is 5.28. The lowest BCUT2D eigenvalue weighted by Crippen LogP contribution is -2.61. The Morgan fingerprint density at radius 2 is 2.06 bits per heavy atom. The number of rotatable bonds is 4. The van der Waals surface area contributed by atoms with Gasteiger partial charge < -0.3 is 15.3 Å². The average molecular weight is 226 g/mol. The van der Waals surface area contributed by atoms with Gasteiger partial charge in [-0.1, -0.05) is 12.2 Å². The number of hydrogen-bond acceptors (Lipinski definition) is 2. The van der Waals surface area contributed by atoms with Crippen molar-refractivity contribution in [1.82, 2.24) is 10.2 Å². The lowest BCUT2D eigenvalue weighted by atomic mass is 9.77. The Morgan fingerprint density at radius 1 is 1.50 bits per heavy atom. The van der Waals surface area contributed by atoms with Crippen LogP contribution in [0.5, 0.6) is 0 Å². The second kappa shape index (κ2) is 4.55. The molecule has 0 unspecified atom stereocenters. The van der Waals surface area contributed by atoms with E-state index in [2.05, 4.69) is 11.9 Å². The van der Waals surface area contributed by atoms with Crippen molar-refractivity contribution in [3.8, 4) is 0 Å². The fourth-order valence-corrected chi connectivity index (χ4v) is 1.70. The Morgan fingerprint density at radius 3 is 2.38 bits per heavy atom. The van der Waals surface area contributed by atoms with Crippen molar-refractivity contribution in [2.75, 3.05) is 13.6 Å². The number of urea groups is 1. The van der Waals surface area contributed by atoms with Gasteiger partial charge in [-0.15, -0.1) is 0 Å². The Balaban J connectivity index is 2.56. The first-order chi connectivity index (χ1) is 7.37. The van der Waals surface area contributed by atoms with Crippen LogP contribution in [0, 0.1) is 0 Å². The minimum atomic E-state index is -1.04. The maximum Gasteiger partial charge on any atom is 0.329 e. The van der Waals surface area contributed by atoms with Crippen molar-refractivity contribution < 1.29 is 14.7 Å². The summed E-state index contributed by atoms with van der Waals surface area (Å²) in [6.45, 7) is 5.96. The lowest BCUT2D eigenvalue weighted by molar-refractivity contribution is -0.148. The van der Waals surface area contributed by atoms with Gasteiger partial charge in [-0.2, -0.15) is 0 Å². The molecule has 1 fully saturated rings. The Labute approximate surface area is 95.1 Å². The topological polar surface area (TPSA) is 69.6 Å². The molecule has 0 aliphatic heterocycles. The number of carboxylic acid groups (broad SMARTS) is 1. The van der Waals surface area contributed by atoms with Crippen molar-refractivity contribution in [3.05, 3.63) is 12.2 Å². The molecule has 5 heteroatoms. The highest BCUT2D eigenvalue weighted by molar-refractivity contribution is 5.87. The highest BCUT2D eigenvalue weighted by atomic mass is 16.4. The molecule has 0 aromatic rings. The molecule has 5 nitrogen and oxygen atoms in total. The second-order valence-electron chi connectivity index (χ2n) is 4.48. The van der Waals surface area contributed by atoms with E-state index in [4.69, 9.17) is 5.11 Å². The molecule has 0 atom stereocenters. The maximum atomic E-state index is 11.7. The summed E-state index contributed by atoms with van der Waals surface area (Å²) in [5.41, 5.74) is -0.184. The maximum absolute atomic E-state index is 11.7. The molecule has 0 aromatic heterocycles. The van der Waals surface area contributed by atoms with Crippen molar-refractivity contribution in [2.45, 2.75) is 31.7 Å². The number of carbonyl (C=O) groups is 2. The van der Waals surface area contributed by atoms with E-state index < -0.39 is 11.5 Å². The van der Waals surface area contributed by atoms with Gasteiger partial charge in [-0.3, -0.25) is 0 Å². The molecule has 90 valence electrons. The van der Waals surface area contributed by atoms with Gasteiger partial charge in [0.05, 0.1) is 0 Å². The van der Waals surface area contributed by atoms with Crippen molar-refractivity contribution in [3.63, 3.8) is 0 Å². The molecule has 0 heterocycles. The van der Waals surface area contributed by atoms with Gasteiger partial charge >= 0.3 is 12.0 Å². The van der Waals surface area contributed by atoms with Crippen molar-refractivity contribution in [1.29, 1.82) is 0 Å². The van der Waals surface area contributed by atoms with Gasteiger partial charge in [-0.05, 0) is 26.2 Å². The SMILES string of the molecule is C=C(C)CN(C)C(=O)NC1(C(=O)O)CCC1. The van der Waals surface area contributed by atoms with E-state index in [9.17, 15) is 9.59 Å². The molecule has 0 saturated heterocycles. The monoisotopic (exact) mass is 226 g/mol. The number of carboxylic acids is 1. The molecule has 1 saturated carbocycles. The number of amides is 2. The summed E-state index contributed by atoms with van der Waals surface area (Å²) in [6, 6.07) is -0.356. The molecule has 0 spiro atoms. The summed E-state index contributed by atoms with van der Waals surface area (Å²) in [5.74, 6) is -0.948. The Kier molecular flexibility index (Phi) is 3.57. The highest BCUT2D eigenvalue weighted by Gasteiger charge is 2.46. The van der Waals surface area contributed by atoms with Crippen molar-refractivity contribution in [2.24, 2.45) is 0 Å². The molecular weight excluding hydrogens is 208 g/mol. The summed E-state index contributed by atoms with van der Waals surface area (Å²) in [7, 11) is 1.62. The van der Waals surface area contributed by atoms with E-state index in [1.54, 1.807) is 7.05 Å². The van der Waals surface area contributed by atoms with Gasteiger partial charge in [0.15, 0.2) is 0 Å². The molecule has 2 amide bonds. The van der Waals surface area contributed by atoms with Crippen LogP contribution in [-0.2, 0) is 4.79 Å². The normalized spacial score (nSPS) is 17.1. The van der Waals surface area contributed by atoms with E-state index >= 15 is 0 Å². The third kappa shape index (κ3) is 2.53. The zero-order valence-electron chi connectivity index (χ0n) is 9.75. The van der Waals surface area contributed by atoms with Gasteiger partial charge in [0.1, 0.15) is 5.54 Å². The van der Waals surface area contributed by atoms with E-state index in [1.165, 1.54) is 4.90 Å². The quantitative estimate of drug-likeness (QED) is 0.708. The largest absolute Gasteiger partial charge is 0.480 e. The minimum Gasteiger partial charge on any atom is -0.480 e. The summed E-state index contributed by atoms with van der Waals surface area (Å²) in [5, 5.41) is 11.6. The lowest BCUT2D eigenvalue weighted by Gasteiger charge is -2.39. The van der Waals surface area contributed by atoms with Crippen LogP contribution in [-0.4, -0.2) is 41.1 Å². The van der Waals surface area contributed by atoms with E-state index in [0.29, 0.717) is 19.4 Å². The smallest absolute Gasteiger partial charge is 0.329 e. The van der Waals surface area contributed by atoms with Crippen LogP contribution in [0.4, 0.5) is 4.79 Å².